The number of esters is 3. The summed E-state index contributed by atoms with van der Waals surface area (Å²) in [5, 5.41) is 0. The molecular formula is C54H92O9. The monoisotopic (exact) mass is 885 g/mol. The van der Waals surface area contributed by atoms with Crippen molar-refractivity contribution in [2.75, 3.05) is 13.2 Å². The van der Waals surface area contributed by atoms with E-state index in [1.165, 1.54) is 154 Å². The van der Waals surface area contributed by atoms with Crippen LogP contribution in [0, 0.1) is 35.5 Å². The van der Waals surface area contributed by atoms with Gasteiger partial charge in [-0.1, -0.05) is 156 Å². The Labute approximate surface area is 383 Å². The molecule has 12 unspecified atom stereocenters. The minimum Gasteiger partial charge on any atom is -0.462 e. The van der Waals surface area contributed by atoms with Gasteiger partial charge >= 0.3 is 17.9 Å². The maximum Gasteiger partial charge on any atom is 0.306 e. The summed E-state index contributed by atoms with van der Waals surface area (Å²) in [7, 11) is 0. The molecule has 3 saturated carbocycles. The first-order chi connectivity index (χ1) is 30.8. The molecule has 9 heteroatoms. The van der Waals surface area contributed by atoms with Crippen molar-refractivity contribution in [1.82, 2.24) is 0 Å². The van der Waals surface area contributed by atoms with Crippen molar-refractivity contribution in [2.45, 2.75) is 275 Å². The smallest absolute Gasteiger partial charge is 0.306 e. The van der Waals surface area contributed by atoms with Crippen LogP contribution in [0.25, 0.3) is 0 Å². The van der Waals surface area contributed by atoms with Gasteiger partial charge < -0.3 is 28.4 Å². The van der Waals surface area contributed by atoms with Gasteiger partial charge in [-0.05, 0) is 93.3 Å². The quantitative estimate of drug-likeness (QED) is 0.0256. The molecule has 6 rings (SSSR count). The first-order valence-electron chi connectivity index (χ1n) is 27.3. The van der Waals surface area contributed by atoms with E-state index in [9.17, 15) is 14.4 Å². The fourth-order valence-corrected chi connectivity index (χ4v) is 10.9. The third-order valence-electron chi connectivity index (χ3n) is 15.7. The molecule has 362 valence electrons. The predicted octanol–water partition coefficient (Wildman–Crippen LogP) is 13.0. The zero-order valence-corrected chi connectivity index (χ0v) is 40.4. The van der Waals surface area contributed by atoms with Crippen molar-refractivity contribution in [3.05, 3.63) is 0 Å². The molecule has 0 aromatic rings. The first kappa shape index (κ1) is 50.7. The molecule has 0 spiro atoms. The first-order valence-corrected chi connectivity index (χ1v) is 27.3. The second-order valence-electron chi connectivity index (χ2n) is 21.4. The molecule has 3 aliphatic heterocycles. The maximum absolute atomic E-state index is 13.1. The lowest BCUT2D eigenvalue weighted by Gasteiger charge is -2.18. The Morgan fingerprint density at radius 1 is 0.397 bits per heavy atom. The van der Waals surface area contributed by atoms with Gasteiger partial charge in [-0.15, -0.1) is 0 Å². The van der Waals surface area contributed by atoms with Gasteiger partial charge in [0.1, 0.15) is 13.2 Å². The zero-order valence-electron chi connectivity index (χ0n) is 40.4. The van der Waals surface area contributed by atoms with E-state index >= 15 is 0 Å². The Hall–Kier alpha value is -1.71. The summed E-state index contributed by atoms with van der Waals surface area (Å²) in [6.45, 7) is 6.54. The number of hydrogen-bond donors (Lipinski definition) is 0. The molecule has 63 heavy (non-hydrogen) atoms. The normalized spacial score (nSPS) is 31.3. The highest BCUT2D eigenvalue weighted by atomic mass is 16.6. The Kier molecular flexibility index (Phi) is 22.4. The zero-order chi connectivity index (χ0) is 44.2. The average Bonchev–Trinajstić information content (AvgIpc) is 4.03. The molecule has 0 aromatic heterocycles. The second-order valence-corrected chi connectivity index (χ2v) is 21.4. The number of unbranched alkanes of at least 4 members (excludes halogenated alkanes) is 15. The largest absolute Gasteiger partial charge is 0.462 e. The number of ether oxygens (including phenoxy) is 6. The van der Waals surface area contributed by atoms with Crippen molar-refractivity contribution >= 4 is 17.9 Å². The minimum atomic E-state index is -0.845. The fraction of sp³-hybridized carbons (Fsp3) is 0.944. The molecule has 6 fully saturated rings. The van der Waals surface area contributed by atoms with E-state index in [4.69, 9.17) is 28.4 Å². The van der Waals surface area contributed by atoms with Crippen LogP contribution in [0.3, 0.4) is 0 Å². The number of rotatable bonds is 41. The van der Waals surface area contributed by atoms with Crippen molar-refractivity contribution in [3.63, 3.8) is 0 Å². The molecule has 0 aromatic carbocycles. The van der Waals surface area contributed by atoms with Crippen LogP contribution >= 0.6 is 0 Å². The number of epoxide rings is 3. The van der Waals surface area contributed by atoms with Crippen LogP contribution in [0.4, 0.5) is 0 Å². The molecular weight excluding hydrogens is 793 g/mol. The van der Waals surface area contributed by atoms with Crippen molar-refractivity contribution < 1.29 is 42.8 Å². The van der Waals surface area contributed by atoms with Crippen molar-refractivity contribution in [2.24, 2.45) is 35.5 Å². The molecule has 0 bridgehead atoms. The number of carbonyl (C=O) groups excluding carboxylic acids is 3. The van der Waals surface area contributed by atoms with E-state index in [0.29, 0.717) is 19.3 Å². The van der Waals surface area contributed by atoms with Crippen LogP contribution in [0.15, 0.2) is 0 Å². The van der Waals surface area contributed by atoms with E-state index in [2.05, 4.69) is 20.8 Å². The van der Waals surface area contributed by atoms with Gasteiger partial charge in [0.25, 0.3) is 0 Å². The van der Waals surface area contributed by atoms with Crippen LogP contribution in [0.1, 0.15) is 233 Å². The summed E-state index contributed by atoms with van der Waals surface area (Å²) in [6.07, 6.45) is 38.7. The van der Waals surface area contributed by atoms with E-state index in [1.807, 2.05) is 0 Å². The van der Waals surface area contributed by atoms with E-state index in [-0.39, 0.29) is 87.0 Å². The molecule has 0 amide bonds. The van der Waals surface area contributed by atoms with Crippen molar-refractivity contribution in [3.8, 4) is 0 Å². The average molecular weight is 885 g/mol. The Balaban J connectivity index is 0.827. The summed E-state index contributed by atoms with van der Waals surface area (Å²) in [5.41, 5.74) is 0. The summed E-state index contributed by atoms with van der Waals surface area (Å²) < 4.78 is 34.9. The van der Waals surface area contributed by atoms with Crippen LogP contribution in [0.5, 0.6) is 0 Å². The van der Waals surface area contributed by atoms with Gasteiger partial charge in [0, 0.05) is 19.3 Å². The molecule has 6 aliphatic rings. The van der Waals surface area contributed by atoms with Crippen LogP contribution in [0.2, 0.25) is 0 Å². The van der Waals surface area contributed by atoms with Crippen LogP contribution in [-0.4, -0.2) is 73.8 Å². The Morgan fingerprint density at radius 3 is 1.06 bits per heavy atom. The van der Waals surface area contributed by atoms with Gasteiger partial charge in [0.15, 0.2) is 6.10 Å². The maximum atomic E-state index is 13.1. The summed E-state index contributed by atoms with van der Waals surface area (Å²) >= 11 is 0. The predicted molar refractivity (Wildman–Crippen MR) is 248 cm³/mol. The molecule has 3 aliphatic carbocycles. The van der Waals surface area contributed by atoms with Gasteiger partial charge in [-0.2, -0.15) is 0 Å². The molecule has 12 atom stereocenters. The molecule has 3 heterocycles. The van der Waals surface area contributed by atoms with Gasteiger partial charge in [-0.3, -0.25) is 14.4 Å². The van der Waals surface area contributed by atoms with Crippen LogP contribution < -0.4 is 0 Å². The standard InChI is InChI=1S/C54H92O9/c1-4-7-10-13-16-19-22-39-31-42(39)34-49-46(61-49)25-28-52(55)58-37-45(60-54(57)30-27-48-51(63-48)36-44-33-41(44)24-21-18-15-12-9-6-3)38-59-53(56)29-26-47-50(62-47)35-43-32-40(43)23-20-17-14-11-8-5-2/h39-51H,4-38H2,1-3H3. The third-order valence-corrected chi connectivity index (χ3v) is 15.7. The lowest BCUT2D eigenvalue weighted by molar-refractivity contribution is -0.167. The summed E-state index contributed by atoms with van der Waals surface area (Å²) in [6, 6.07) is 0. The molecule has 0 radical (unpaired) electrons. The highest BCUT2D eigenvalue weighted by molar-refractivity contribution is 5.71. The number of carbonyl (C=O) groups is 3. The minimum absolute atomic E-state index is 0.112. The molecule has 9 nitrogen and oxygen atoms in total. The summed E-state index contributed by atoms with van der Waals surface area (Å²) in [4.78, 5) is 38.8. The molecule has 3 saturated heterocycles. The SMILES string of the molecule is CCCCCCCCC1CC1CC1OC1CCC(=O)OCC(COC(=O)CCC1OC1CC1CC1CCCCCCCC)OC(=O)CCC1OC1CC1CC1CCCCCCCC. The van der Waals surface area contributed by atoms with Crippen LogP contribution in [-0.2, 0) is 42.8 Å². The Bertz CT molecular complexity index is 1260. The number of hydrogen-bond acceptors (Lipinski definition) is 9. The van der Waals surface area contributed by atoms with Gasteiger partial charge in [-0.25, -0.2) is 0 Å². The van der Waals surface area contributed by atoms with E-state index in [1.54, 1.807) is 0 Å². The van der Waals surface area contributed by atoms with E-state index < -0.39 is 6.10 Å². The highest BCUT2D eigenvalue weighted by Crippen LogP contribution is 2.51. The van der Waals surface area contributed by atoms with Gasteiger partial charge in [0.2, 0.25) is 0 Å². The fourth-order valence-electron chi connectivity index (χ4n) is 10.9. The van der Waals surface area contributed by atoms with E-state index in [0.717, 1.165) is 54.8 Å². The Morgan fingerprint density at radius 2 is 0.714 bits per heavy atom. The summed E-state index contributed by atoms with van der Waals surface area (Å²) in [5.74, 6) is 3.90. The highest BCUT2D eigenvalue weighted by Gasteiger charge is 2.48. The topological polar surface area (TPSA) is 116 Å². The third kappa shape index (κ3) is 20.8. The lowest BCUT2D eigenvalue weighted by Crippen LogP contribution is -2.31. The molecule has 0 N–H and O–H groups in total. The van der Waals surface area contributed by atoms with Gasteiger partial charge in [0.05, 0.1) is 36.6 Å². The second kappa shape index (κ2) is 27.8. The lowest BCUT2D eigenvalue weighted by atomic mass is 10.0. The van der Waals surface area contributed by atoms with Crippen molar-refractivity contribution in [1.29, 1.82) is 0 Å².